The van der Waals surface area contributed by atoms with Crippen LogP contribution in [0.3, 0.4) is 0 Å². The Balaban J connectivity index is 0.00000320. The summed E-state index contributed by atoms with van der Waals surface area (Å²) < 4.78 is 0. The lowest BCUT2D eigenvalue weighted by molar-refractivity contribution is 0.312. The lowest BCUT2D eigenvalue weighted by Gasteiger charge is -2.35. The Morgan fingerprint density at radius 2 is 2.00 bits per heavy atom. The van der Waals surface area contributed by atoms with Gasteiger partial charge in [0, 0.05) is 73.0 Å². The molecule has 0 unspecified atom stereocenters. The number of anilines is 1. The van der Waals surface area contributed by atoms with Crippen molar-refractivity contribution in [2.75, 3.05) is 51.2 Å². The Hall–Kier alpha value is -1.10. The van der Waals surface area contributed by atoms with Crippen LogP contribution in [0.5, 0.6) is 0 Å². The number of aliphatic imine (C=N–C) groups is 1. The molecule has 1 aromatic carbocycles. The quantitative estimate of drug-likeness (QED) is 0.306. The van der Waals surface area contributed by atoms with Crippen molar-refractivity contribution in [1.29, 1.82) is 0 Å². The molecule has 0 bridgehead atoms. The van der Waals surface area contributed by atoms with Crippen molar-refractivity contribution in [3.05, 3.63) is 44.9 Å². The number of nitrogens with one attached hydrogen (secondary N) is 2. The van der Waals surface area contributed by atoms with Crippen molar-refractivity contribution >= 4 is 58.6 Å². The van der Waals surface area contributed by atoms with Crippen LogP contribution < -0.4 is 15.5 Å². The molecule has 2 heterocycles. The fourth-order valence-corrected chi connectivity index (χ4v) is 4.37. The average Bonchev–Trinajstić information content (AvgIpc) is 3.12. The number of halogens is 2. The first-order valence-electron chi connectivity index (χ1n) is 10.2. The summed E-state index contributed by atoms with van der Waals surface area (Å²) >= 11 is 8.32. The third-order valence-corrected chi connectivity index (χ3v) is 6.30. The minimum absolute atomic E-state index is 0. The highest BCUT2D eigenvalue weighted by Gasteiger charge is 2.18. The lowest BCUT2D eigenvalue weighted by Crippen LogP contribution is -2.44. The highest BCUT2D eigenvalue weighted by Crippen LogP contribution is 2.29. The standard InChI is InChI=1S/C21H31ClN6S.HI/c1-4-23-21(24-9-8-20-25-14-16(2)29-20)26-15-17-18(22)6-5-7-19(17)28-12-10-27(3)11-13-28;/h5-7,14H,4,8-13,15H2,1-3H3,(H2,23,24,26);1H. The number of aromatic nitrogens is 1. The van der Waals surface area contributed by atoms with Crippen molar-refractivity contribution in [2.45, 2.75) is 26.8 Å². The molecule has 30 heavy (non-hydrogen) atoms. The van der Waals surface area contributed by atoms with Gasteiger partial charge < -0.3 is 20.4 Å². The molecule has 0 atom stereocenters. The van der Waals surface area contributed by atoms with Gasteiger partial charge in [-0.2, -0.15) is 0 Å². The molecule has 0 amide bonds. The number of guanidine groups is 1. The van der Waals surface area contributed by atoms with E-state index in [-0.39, 0.29) is 24.0 Å². The number of rotatable bonds is 7. The fraction of sp³-hybridized carbons (Fsp3) is 0.524. The average molecular weight is 563 g/mol. The molecule has 1 saturated heterocycles. The zero-order valence-electron chi connectivity index (χ0n) is 17.9. The van der Waals surface area contributed by atoms with Gasteiger partial charge in [-0.05, 0) is 33.0 Å². The van der Waals surface area contributed by atoms with Crippen LogP contribution in [0.1, 0.15) is 22.4 Å². The van der Waals surface area contributed by atoms with E-state index in [0.29, 0.717) is 6.54 Å². The molecule has 6 nitrogen and oxygen atoms in total. The second-order valence-electron chi connectivity index (χ2n) is 7.26. The zero-order chi connectivity index (χ0) is 20.6. The van der Waals surface area contributed by atoms with Gasteiger partial charge in [0.05, 0.1) is 11.6 Å². The topological polar surface area (TPSA) is 55.8 Å². The first-order valence-corrected chi connectivity index (χ1v) is 11.4. The summed E-state index contributed by atoms with van der Waals surface area (Å²) in [6.07, 6.45) is 2.82. The highest BCUT2D eigenvalue weighted by molar-refractivity contribution is 14.0. The van der Waals surface area contributed by atoms with Gasteiger partial charge in [0.2, 0.25) is 0 Å². The summed E-state index contributed by atoms with van der Waals surface area (Å²) in [5, 5.41) is 8.67. The first kappa shape index (κ1) is 25.2. The number of nitrogens with zero attached hydrogens (tertiary/aromatic N) is 4. The van der Waals surface area contributed by atoms with Crippen LogP contribution in [-0.2, 0) is 13.0 Å². The Morgan fingerprint density at radius 1 is 1.23 bits per heavy atom. The Bertz CT molecular complexity index is 820. The predicted molar refractivity (Wildman–Crippen MR) is 140 cm³/mol. The van der Waals surface area contributed by atoms with Gasteiger partial charge in [0.25, 0.3) is 0 Å². The number of piperazine rings is 1. The van der Waals surface area contributed by atoms with Crippen LogP contribution >= 0.6 is 46.9 Å². The molecule has 3 rings (SSSR count). The van der Waals surface area contributed by atoms with E-state index in [1.807, 2.05) is 18.3 Å². The van der Waals surface area contributed by atoms with Crippen LogP contribution in [0.2, 0.25) is 5.02 Å². The number of likely N-dealkylation sites (N-methyl/N-ethyl adjacent to an activating group) is 1. The smallest absolute Gasteiger partial charge is 0.191 e. The lowest BCUT2D eigenvalue weighted by atomic mass is 10.1. The molecule has 1 fully saturated rings. The number of hydrogen-bond acceptors (Lipinski definition) is 5. The van der Waals surface area contributed by atoms with Crippen molar-refractivity contribution in [3.8, 4) is 0 Å². The first-order chi connectivity index (χ1) is 14.1. The van der Waals surface area contributed by atoms with Crippen LogP contribution in [0.25, 0.3) is 0 Å². The van der Waals surface area contributed by atoms with Crippen molar-refractivity contribution in [3.63, 3.8) is 0 Å². The molecule has 1 aliphatic heterocycles. The molecule has 2 N–H and O–H groups in total. The molecule has 2 aromatic rings. The zero-order valence-corrected chi connectivity index (χ0v) is 21.9. The largest absolute Gasteiger partial charge is 0.369 e. The minimum atomic E-state index is 0. The van der Waals surface area contributed by atoms with Gasteiger partial charge in [-0.25, -0.2) is 9.98 Å². The van der Waals surface area contributed by atoms with Gasteiger partial charge in [0.1, 0.15) is 0 Å². The van der Waals surface area contributed by atoms with Crippen molar-refractivity contribution in [1.82, 2.24) is 20.5 Å². The van der Waals surface area contributed by atoms with Gasteiger partial charge in [-0.15, -0.1) is 35.3 Å². The molecule has 0 saturated carbocycles. The number of benzene rings is 1. The second kappa shape index (κ2) is 12.7. The third-order valence-electron chi connectivity index (χ3n) is 4.98. The minimum Gasteiger partial charge on any atom is -0.369 e. The van der Waals surface area contributed by atoms with E-state index in [1.165, 1.54) is 10.6 Å². The summed E-state index contributed by atoms with van der Waals surface area (Å²) in [5.74, 6) is 0.810. The third kappa shape index (κ3) is 7.25. The predicted octanol–water partition coefficient (Wildman–Crippen LogP) is 3.77. The van der Waals surface area contributed by atoms with Gasteiger partial charge in [0.15, 0.2) is 5.96 Å². The van der Waals surface area contributed by atoms with E-state index in [4.69, 9.17) is 16.6 Å². The molecule has 9 heteroatoms. The number of thiazole rings is 1. The normalized spacial score (nSPS) is 15.1. The molecule has 0 spiro atoms. The molecule has 166 valence electrons. The van der Waals surface area contributed by atoms with Crippen molar-refractivity contribution < 1.29 is 0 Å². The van der Waals surface area contributed by atoms with E-state index in [0.717, 1.165) is 67.2 Å². The Morgan fingerprint density at radius 3 is 2.67 bits per heavy atom. The van der Waals surface area contributed by atoms with E-state index in [9.17, 15) is 0 Å². The number of hydrogen-bond donors (Lipinski definition) is 2. The van der Waals surface area contributed by atoms with E-state index < -0.39 is 0 Å². The maximum Gasteiger partial charge on any atom is 0.191 e. The van der Waals surface area contributed by atoms with E-state index in [2.05, 4.69) is 52.4 Å². The molecule has 1 aliphatic rings. The monoisotopic (exact) mass is 562 g/mol. The second-order valence-corrected chi connectivity index (χ2v) is 8.99. The summed E-state index contributed by atoms with van der Waals surface area (Å²) in [6.45, 7) is 10.5. The summed E-state index contributed by atoms with van der Waals surface area (Å²) in [5.41, 5.74) is 2.29. The molecule has 0 aliphatic carbocycles. The maximum absolute atomic E-state index is 6.57. The SMILES string of the molecule is CCNC(=NCc1c(Cl)cccc1N1CCN(C)CC1)NCCc1ncc(C)s1.I. The van der Waals surface area contributed by atoms with Gasteiger partial charge >= 0.3 is 0 Å². The summed E-state index contributed by atoms with van der Waals surface area (Å²) in [4.78, 5) is 15.3. The van der Waals surface area contributed by atoms with Crippen LogP contribution in [0.15, 0.2) is 29.4 Å². The highest BCUT2D eigenvalue weighted by atomic mass is 127. The van der Waals surface area contributed by atoms with Gasteiger partial charge in [-0.1, -0.05) is 17.7 Å². The van der Waals surface area contributed by atoms with Gasteiger partial charge in [-0.3, -0.25) is 0 Å². The molecule has 0 radical (unpaired) electrons. The van der Waals surface area contributed by atoms with Crippen molar-refractivity contribution in [2.24, 2.45) is 4.99 Å². The molecular formula is C21H32ClIN6S. The van der Waals surface area contributed by atoms with E-state index in [1.54, 1.807) is 11.3 Å². The fourth-order valence-electron chi connectivity index (χ4n) is 3.35. The summed E-state index contributed by atoms with van der Waals surface area (Å²) in [6, 6.07) is 6.15. The van der Waals surface area contributed by atoms with Crippen LogP contribution in [0, 0.1) is 6.92 Å². The van der Waals surface area contributed by atoms with Crippen LogP contribution in [-0.4, -0.2) is 62.2 Å². The summed E-state index contributed by atoms with van der Waals surface area (Å²) in [7, 11) is 2.17. The van der Waals surface area contributed by atoms with Crippen LogP contribution in [0.4, 0.5) is 5.69 Å². The number of aryl methyl sites for hydroxylation is 1. The molecule has 1 aromatic heterocycles. The Kier molecular flexibility index (Phi) is 10.6. The maximum atomic E-state index is 6.57. The Labute approximate surface area is 206 Å². The molecular weight excluding hydrogens is 531 g/mol. The van der Waals surface area contributed by atoms with E-state index >= 15 is 0 Å².